The standard InChI is InChI=1S/C14H24N2OS/c1-2-6-14(17)16-9-5-10-18-12-13(16)11-15-7-3-4-8-15/h2,6,13H,3-5,7-12H2,1H3/b6-2+/t13-/m1/s1. The molecule has 2 aliphatic heterocycles. The van der Waals surface area contributed by atoms with E-state index in [1.807, 2.05) is 24.8 Å². The van der Waals surface area contributed by atoms with Gasteiger partial charge in [0.1, 0.15) is 0 Å². The molecule has 1 amide bonds. The van der Waals surface area contributed by atoms with E-state index in [1.165, 1.54) is 31.7 Å². The van der Waals surface area contributed by atoms with Crippen molar-refractivity contribution in [2.24, 2.45) is 0 Å². The number of rotatable bonds is 3. The first kappa shape index (κ1) is 13.9. The Labute approximate surface area is 115 Å². The van der Waals surface area contributed by atoms with Gasteiger partial charge in [0.15, 0.2) is 0 Å². The van der Waals surface area contributed by atoms with Crippen LogP contribution >= 0.6 is 11.8 Å². The number of hydrogen-bond donors (Lipinski definition) is 0. The summed E-state index contributed by atoms with van der Waals surface area (Å²) in [6, 6.07) is 0.402. The summed E-state index contributed by atoms with van der Waals surface area (Å²) in [5, 5.41) is 0. The van der Waals surface area contributed by atoms with Gasteiger partial charge < -0.3 is 9.80 Å². The largest absolute Gasteiger partial charge is 0.334 e. The molecule has 0 aliphatic carbocycles. The maximum Gasteiger partial charge on any atom is 0.246 e. The van der Waals surface area contributed by atoms with Crippen molar-refractivity contribution < 1.29 is 4.79 Å². The van der Waals surface area contributed by atoms with Gasteiger partial charge in [0.25, 0.3) is 0 Å². The Morgan fingerprint density at radius 1 is 1.28 bits per heavy atom. The van der Waals surface area contributed by atoms with E-state index < -0.39 is 0 Å². The van der Waals surface area contributed by atoms with Gasteiger partial charge in [-0.1, -0.05) is 6.08 Å². The fourth-order valence-electron chi connectivity index (χ4n) is 2.77. The number of thioether (sulfide) groups is 1. The van der Waals surface area contributed by atoms with Gasteiger partial charge in [0, 0.05) is 18.8 Å². The van der Waals surface area contributed by atoms with E-state index in [0.717, 1.165) is 25.3 Å². The summed E-state index contributed by atoms with van der Waals surface area (Å²) in [7, 11) is 0. The molecule has 0 aromatic rings. The van der Waals surface area contributed by atoms with Crippen LogP contribution in [-0.2, 0) is 4.79 Å². The third-order valence-corrected chi connectivity index (χ3v) is 4.90. The summed E-state index contributed by atoms with van der Waals surface area (Å²) in [5.74, 6) is 2.49. The summed E-state index contributed by atoms with van der Waals surface area (Å²) in [6.07, 6.45) is 7.34. The summed E-state index contributed by atoms with van der Waals surface area (Å²) in [4.78, 5) is 16.8. The molecule has 3 nitrogen and oxygen atoms in total. The van der Waals surface area contributed by atoms with E-state index in [0.29, 0.717) is 6.04 Å². The average molecular weight is 268 g/mol. The van der Waals surface area contributed by atoms with Crippen molar-refractivity contribution in [1.29, 1.82) is 0 Å². The van der Waals surface area contributed by atoms with Crippen LogP contribution in [0.15, 0.2) is 12.2 Å². The van der Waals surface area contributed by atoms with Gasteiger partial charge in [0.05, 0.1) is 6.04 Å². The van der Waals surface area contributed by atoms with Crippen molar-refractivity contribution in [2.45, 2.75) is 32.2 Å². The van der Waals surface area contributed by atoms with Crippen LogP contribution in [0.5, 0.6) is 0 Å². The highest BCUT2D eigenvalue weighted by atomic mass is 32.2. The Balaban J connectivity index is 1.98. The Morgan fingerprint density at radius 2 is 2.06 bits per heavy atom. The highest BCUT2D eigenvalue weighted by Gasteiger charge is 2.27. The van der Waals surface area contributed by atoms with Crippen LogP contribution in [0, 0.1) is 0 Å². The number of nitrogens with zero attached hydrogens (tertiary/aromatic N) is 2. The molecule has 0 aromatic carbocycles. The summed E-state index contributed by atoms with van der Waals surface area (Å²) < 4.78 is 0. The third-order valence-electron chi connectivity index (χ3n) is 3.70. The molecule has 2 rings (SSSR count). The van der Waals surface area contributed by atoms with Gasteiger partial charge in [-0.25, -0.2) is 0 Å². The fraction of sp³-hybridized carbons (Fsp3) is 0.786. The van der Waals surface area contributed by atoms with Gasteiger partial charge in [-0.3, -0.25) is 4.79 Å². The lowest BCUT2D eigenvalue weighted by Gasteiger charge is -2.32. The van der Waals surface area contributed by atoms with Crippen LogP contribution in [0.2, 0.25) is 0 Å². The topological polar surface area (TPSA) is 23.6 Å². The predicted octanol–water partition coefficient (Wildman–Crippen LogP) is 1.99. The third kappa shape index (κ3) is 3.75. The van der Waals surface area contributed by atoms with Crippen LogP contribution in [0.25, 0.3) is 0 Å². The van der Waals surface area contributed by atoms with E-state index in [1.54, 1.807) is 6.08 Å². The number of likely N-dealkylation sites (tertiary alicyclic amines) is 1. The Morgan fingerprint density at radius 3 is 2.78 bits per heavy atom. The molecule has 0 aromatic heterocycles. The second-order valence-corrected chi connectivity index (χ2v) is 6.27. The predicted molar refractivity (Wildman–Crippen MR) is 77.9 cm³/mol. The zero-order valence-corrected chi connectivity index (χ0v) is 12.1. The zero-order valence-electron chi connectivity index (χ0n) is 11.3. The molecular weight excluding hydrogens is 244 g/mol. The van der Waals surface area contributed by atoms with Crippen LogP contribution in [-0.4, -0.2) is 59.4 Å². The number of carbonyl (C=O) groups excluding carboxylic acids is 1. The van der Waals surface area contributed by atoms with Crippen molar-refractivity contribution in [3.63, 3.8) is 0 Å². The van der Waals surface area contributed by atoms with Crippen LogP contribution < -0.4 is 0 Å². The second kappa shape index (κ2) is 7.19. The SMILES string of the molecule is C/C=C/C(=O)N1CCCSC[C@H]1CN1CCCC1. The Bertz CT molecular complexity index is 300. The van der Waals surface area contributed by atoms with Gasteiger partial charge in [-0.15, -0.1) is 0 Å². The summed E-state index contributed by atoms with van der Waals surface area (Å²) in [6.45, 7) is 6.34. The molecule has 18 heavy (non-hydrogen) atoms. The van der Waals surface area contributed by atoms with E-state index in [-0.39, 0.29) is 5.91 Å². The minimum Gasteiger partial charge on any atom is -0.334 e. The number of amides is 1. The second-order valence-electron chi connectivity index (χ2n) is 5.12. The highest BCUT2D eigenvalue weighted by Crippen LogP contribution is 2.19. The molecule has 4 heteroatoms. The number of allylic oxidation sites excluding steroid dienone is 1. The molecule has 2 saturated heterocycles. The van der Waals surface area contributed by atoms with Gasteiger partial charge in [-0.05, 0) is 51.1 Å². The summed E-state index contributed by atoms with van der Waals surface area (Å²) in [5.41, 5.74) is 0. The first-order valence-electron chi connectivity index (χ1n) is 7.04. The molecule has 0 radical (unpaired) electrons. The first-order chi connectivity index (χ1) is 8.81. The van der Waals surface area contributed by atoms with Crippen molar-refractivity contribution in [3.8, 4) is 0 Å². The van der Waals surface area contributed by atoms with Gasteiger partial charge >= 0.3 is 0 Å². The van der Waals surface area contributed by atoms with Crippen LogP contribution in [0.1, 0.15) is 26.2 Å². The zero-order chi connectivity index (χ0) is 12.8. The van der Waals surface area contributed by atoms with E-state index in [9.17, 15) is 4.79 Å². The monoisotopic (exact) mass is 268 g/mol. The highest BCUT2D eigenvalue weighted by molar-refractivity contribution is 7.99. The van der Waals surface area contributed by atoms with Crippen LogP contribution in [0.4, 0.5) is 0 Å². The number of carbonyl (C=O) groups is 1. The molecule has 0 unspecified atom stereocenters. The molecule has 0 saturated carbocycles. The van der Waals surface area contributed by atoms with Crippen molar-refractivity contribution in [2.75, 3.05) is 37.7 Å². The minimum absolute atomic E-state index is 0.198. The van der Waals surface area contributed by atoms with Crippen molar-refractivity contribution >= 4 is 17.7 Å². The van der Waals surface area contributed by atoms with E-state index in [4.69, 9.17) is 0 Å². The smallest absolute Gasteiger partial charge is 0.246 e. The molecular formula is C14H24N2OS. The molecule has 2 heterocycles. The molecule has 2 aliphatic rings. The quantitative estimate of drug-likeness (QED) is 0.731. The van der Waals surface area contributed by atoms with Crippen LogP contribution in [0.3, 0.4) is 0 Å². The van der Waals surface area contributed by atoms with Crippen molar-refractivity contribution in [1.82, 2.24) is 9.80 Å². The normalized spacial score (nSPS) is 26.7. The lowest BCUT2D eigenvalue weighted by Crippen LogP contribution is -2.47. The maximum absolute atomic E-state index is 12.1. The molecule has 0 spiro atoms. The Hall–Kier alpha value is -0.480. The lowest BCUT2D eigenvalue weighted by molar-refractivity contribution is -0.128. The molecule has 2 fully saturated rings. The molecule has 1 atom stereocenters. The maximum atomic E-state index is 12.1. The fourth-order valence-corrected chi connectivity index (χ4v) is 3.83. The van der Waals surface area contributed by atoms with Gasteiger partial charge in [-0.2, -0.15) is 11.8 Å². The molecule has 0 bridgehead atoms. The Kier molecular flexibility index (Phi) is 5.57. The van der Waals surface area contributed by atoms with Gasteiger partial charge in [0.2, 0.25) is 5.91 Å². The number of hydrogen-bond acceptors (Lipinski definition) is 3. The lowest BCUT2D eigenvalue weighted by atomic mass is 10.2. The average Bonchev–Trinajstić information content (AvgIpc) is 2.74. The molecule has 102 valence electrons. The first-order valence-corrected chi connectivity index (χ1v) is 8.20. The minimum atomic E-state index is 0.198. The van der Waals surface area contributed by atoms with E-state index >= 15 is 0 Å². The van der Waals surface area contributed by atoms with Crippen molar-refractivity contribution in [3.05, 3.63) is 12.2 Å². The molecule has 0 N–H and O–H groups in total. The summed E-state index contributed by atoms with van der Waals surface area (Å²) >= 11 is 2.00. The van der Waals surface area contributed by atoms with E-state index in [2.05, 4.69) is 9.80 Å².